The van der Waals surface area contributed by atoms with Crippen molar-refractivity contribution in [1.29, 1.82) is 0 Å². The fraction of sp³-hybridized carbons (Fsp3) is 0.278. The molecule has 1 atom stereocenters. The molecule has 0 aromatic heterocycles. The molecule has 0 saturated carbocycles. The number of carbonyl (C=O) groups is 1. The Morgan fingerprint density at radius 3 is 2.87 bits per heavy atom. The highest BCUT2D eigenvalue weighted by Gasteiger charge is 2.30. The Balaban J connectivity index is 1.82. The number of carbonyl (C=O) groups excluding carboxylic acids is 1. The van der Waals surface area contributed by atoms with Crippen LogP contribution in [0.5, 0.6) is 0 Å². The summed E-state index contributed by atoms with van der Waals surface area (Å²) in [5, 5.41) is 0.758. The number of nitrogens with zero attached hydrogens (tertiary/aromatic N) is 1. The third-order valence-electron chi connectivity index (χ3n) is 4.30. The van der Waals surface area contributed by atoms with Crippen molar-refractivity contribution >= 4 is 39.1 Å². The Morgan fingerprint density at radius 1 is 1.30 bits per heavy atom. The number of anilines is 1. The number of amides is 1. The molecule has 1 saturated heterocycles. The molecule has 0 spiro atoms. The van der Waals surface area contributed by atoms with E-state index in [9.17, 15) is 4.79 Å². The second-order valence-corrected chi connectivity index (χ2v) is 7.14. The molecule has 1 aliphatic heterocycles. The maximum absolute atomic E-state index is 12.9. The summed E-state index contributed by atoms with van der Waals surface area (Å²) in [6.07, 6.45) is 2.78. The number of hydrogen-bond donors (Lipinski definition) is 1. The van der Waals surface area contributed by atoms with Crippen LogP contribution in [0.3, 0.4) is 0 Å². The van der Waals surface area contributed by atoms with Gasteiger partial charge in [0.05, 0.1) is 5.56 Å². The van der Waals surface area contributed by atoms with Gasteiger partial charge in [0.25, 0.3) is 5.91 Å². The van der Waals surface area contributed by atoms with Gasteiger partial charge in [0.15, 0.2) is 0 Å². The third kappa shape index (κ3) is 3.54. The molecule has 1 aliphatic rings. The molecule has 2 N–H and O–H groups in total. The first-order valence-electron chi connectivity index (χ1n) is 7.65. The van der Waals surface area contributed by atoms with Gasteiger partial charge in [-0.15, -0.1) is 0 Å². The number of benzene rings is 2. The SMILES string of the molecule is Nc1ccc(Br)cc1C(=O)N1CCC[C@@H]1Cc1ccccc1Cl. The maximum atomic E-state index is 12.9. The van der Waals surface area contributed by atoms with Crippen LogP contribution in [-0.2, 0) is 6.42 Å². The predicted octanol–water partition coefficient (Wildman–Crippen LogP) is 4.53. The molecule has 1 amide bonds. The van der Waals surface area contributed by atoms with Crippen LogP contribution in [0.2, 0.25) is 5.02 Å². The van der Waals surface area contributed by atoms with Crippen molar-refractivity contribution in [3.63, 3.8) is 0 Å². The quantitative estimate of drug-likeness (QED) is 0.779. The van der Waals surface area contributed by atoms with Gasteiger partial charge in [0.1, 0.15) is 0 Å². The van der Waals surface area contributed by atoms with Crippen LogP contribution >= 0.6 is 27.5 Å². The average Bonchev–Trinajstić information content (AvgIpc) is 2.99. The number of halogens is 2. The lowest BCUT2D eigenvalue weighted by atomic mass is 10.0. The lowest BCUT2D eigenvalue weighted by Gasteiger charge is -2.26. The zero-order chi connectivity index (χ0) is 16.4. The van der Waals surface area contributed by atoms with Crippen molar-refractivity contribution in [3.05, 3.63) is 63.1 Å². The van der Waals surface area contributed by atoms with E-state index in [4.69, 9.17) is 17.3 Å². The molecule has 0 unspecified atom stereocenters. The molecule has 1 heterocycles. The van der Waals surface area contributed by atoms with Gasteiger partial charge < -0.3 is 10.6 Å². The first kappa shape index (κ1) is 16.3. The lowest BCUT2D eigenvalue weighted by molar-refractivity contribution is 0.0737. The fourth-order valence-corrected chi connectivity index (χ4v) is 3.68. The molecule has 120 valence electrons. The summed E-state index contributed by atoms with van der Waals surface area (Å²) in [4.78, 5) is 14.8. The summed E-state index contributed by atoms with van der Waals surface area (Å²) in [5.41, 5.74) is 8.15. The minimum absolute atomic E-state index is 0.00152. The summed E-state index contributed by atoms with van der Waals surface area (Å²) < 4.78 is 0.858. The van der Waals surface area contributed by atoms with Gasteiger partial charge in [0, 0.05) is 27.8 Å². The van der Waals surface area contributed by atoms with Crippen LogP contribution < -0.4 is 5.73 Å². The van der Waals surface area contributed by atoms with Crippen molar-refractivity contribution < 1.29 is 4.79 Å². The van der Waals surface area contributed by atoms with E-state index in [1.54, 1.807) is 12.1 Å². The van der Waals surface area contributed by atoms with Crippen LogP contribution in [0, 0.1) is 0 Å². The zero-order valence-electron chi connectivity index (χ0n) is 12.6. The van der Waals surface area contributed by atoms with Crippen molar-refractivity contribution in [3.8, 4) is 0 Å². The van der Waals surface area contributed by atoms with Crippen LogP contribution in [0.4, 0.5) is 5.69 Å². The summed E-state index contributed by atoms with van der Waals surface area (Å²) in [5.74, 6) is -0.00152. The summed E-state index contributed by atoms with van der Waals surface area (Å²) >= 11 is 9.67. The van der Waals surface area contributed by atoms with Crippen LogP contribution in [0.1, 0.15) is 28.8 Å². The largest absolute Gasteiger partial charge is 0.398 e. The molecule has 23 heavy (non-hydrogen) atoms. The molecule has 0 bridgehead atoms. The minimum Gasteiger partial charge on any atom is -0.398 e. The third-order valence-corrected chi connectivity index (χ3v) is 5.16. The molecule has 2 aromatic carbocycles. The first-order chi connectivity index (χ1) is 11.1. The Hall–Kier alpha value is -1.52. The molecule has 1 fully saturated rings. The van der Waals surface area contributed by atoms with Crippen molar-refractivity contribution in [2.24, 2.45) is 0 Å². The summed E-state index contributed by atoms with van der Waals surface area (Å²) in [6.45, 7) is 0.764. The summed E-state index contributed by atoms with van der Waals surface area (Å²) in [6, 6.07) is 13.4. The normalized spacial score (nSPS) is 17.5. The van der Waals surface area contributed by atoms with Gasteiger partial charge >= 0.3 is 0 Å². The topological polar surface area (TPSA) is 46.3 Å². The fourth-order valence-electron chi connectivity index (χ4n) is 3.10. The number of hydrogen-bond acceptors (Lipinski definition) is 2. The van der Waals surface area contributed by atoms with Gasteiger partial charge in [-0.1, -0.05) is 45.7 Å². The average molecular weight is 394 g/mol. The molecule has 5 heteroatoms. The Kier molecular flexibility index (Phi) is 4.93. The highest BCUT2D eigenvalue weighted by molar-refractivity contribution is 9.10. The zero-order valence-corrected chi connectivity index (χ0v) is 15.0. The molecular weight excluding hydrogens is 376 g/mol. The molecular formula is C18H18BrClN2O. The standard InChI is InChI=1S/C18H18BrClN2O/c19-13-7-8-17(21)15(11-13)18(23)22-9-3-5-14(22)10-12-4-1-2-6-16(12)20/h1-2,4,6-8,11,14H,3,5,9-10,21H2/t14-/m1/s1. The monoisotopic (exact) mass is 392 g/mol. The highest BCUT2D eigenvalue weighted by Crippen LogP contribution is 2.28. The number of nitrogens with two attached hydrogens (primary N) is 1. The van der Waals surface area contributed by atoms with Gasteiger partial charge in [-0.25, -0.2) is 0 Å². The summed E-state index contributed by atoms with van der Waals surface area (Å²) in [7, 11) is 0. The van der Waals surface area contributed by atoms with E-state index < -0.39 is 0 Å². The number of nitrogen functional groups attached to an aromatic ring is 1. The van der Waals surface area contributed by atoms with E-state index in [0.717, 1.165) is 40.9 Å². The van der Waals surface area contributed by atoms with Crippen LogP contribution in [-0.4, -0.2) is 23.4 Å². The molecule has 2 aromatic rings. The van der Waals surface area contributed by atoms with E-state index in [1.807, 2.05) is 35.2 Å². The van der Waals surface area contributed by atoms with E-state index in [-0.39, 0.29) is 11.9 Å². The van der Waals surface area contributed by atoms with Gasteiger partial charge in [-0.3, -0.25) is 4.79 Å². The smallest absolute Gasteiger partial charge is 0.256 e. The predicted molar refractivity (Wildman–Crippen MR) is 97.8 cm³/mol. The minimum atomic E-state index is -0.00152. The van der Waals surface area contributed by atoms with E-state index in [0.29, 0.717) is 11.3 Å². The first-order valence-corrected chi connectivity index (χ1v) is 8.83. The lowest BCUT2D eigenvalue weighted by Crippen LogP contribution is -2.37. The molecule has 3 nitrogen and oxygen atoms in total. The Labute approximate surface area is 149 Å². The second kappa shape index (κ2) is 6.93. The molecule has 0 radical (unpaired) electrons. The Bertz CT molecular complexity index is 735. The van der Waals surface area contributed by atoms with E-state index in [2.05, 4.69) is 15.9 Å². The second-order valence-electron chi connectivity index (χ2n) is 5.82. The van der Waals surface area contributed by atoms with Crippen molar-refractivity contribution in [1.82, 2.24) is 4.90 Å². The van der Waals surface area contributed by atoms with Gasteiger partial charge in [-0.05, 0) is 49.1 Å². The van der Waals surface area contributed by atoms with Crippen molar-refractivity contribution in [2.75, 3.05) is 12.3 Å². The molecule has 3 rings (SSSR count). The Morgan fingerprint density at radius 2 is 2.09 bits per heavy atom. The van der Waals surface area contributed by atoms with E-state index in [1.165, 1.54) is 0 Å². The molecule has 0 aliphatic carbocycles. The van der Waals surface area contributed by atoms with Crippen LogP contribution in [0.25, 0.3) is 0 Å². The highest BCUT2D eigenvalue weighted by atomic mass is 79.9. The van der Waals surface area contributed by atoms with Crippen molar-refractivity contribution in [2.45, 2.75) is 25.3 Å². The number of rotatable bonds is 3. The van der Waals surface area contributed by atoms with Gasteiger partial charge in [-0.2, -0.15) is 0 Å². The maximum Gasteiger partial charge on any atom is 0.256 e. The van der Waals surface area contributed by atoms with Gasteiger partial charge in [0.2, 0.25) is 0 Å². The van der Waals surface area contributed by atoms with Crippen LogP contribution in [0.15, 0.2) is 46.9 Å². The van der Waals surface area contributed by atoms with E-state index >= 15 is 0 Å². The number of likely N-dealkylation sites (tertiary alicyclic amines) is 1.